The number of halogens is 3. The van der Waals surface area contributed by atoms with Gasteiger partial charge >= 0.3 is 6.18 Å². The van der Waals surface area contributed by atoms with Gasteiger partial charge in [0.25, 0.3) is 0 Å². The van der Waals surface area contributed by atoms with Crippen LogP contribution >= 0.6 is 0 Å². The van der Waals surface area contributed by atoms with Gasteiger partial charge < -0.3 is 5.11 Å². The normalized spacial score (nSPS) is 15.5. The summed E-state index contributed by atoms with van der Waals surface area (Å²) >= 11 is 0. The quantitative estimate of drug-likeness (QED) is 0.868. The molecule has 110 valence electrons. The van der Waals surface area contributed by atoms with Crippen molar-refractivity contribution in [2.45, 2.75) is 57.7 Å². The molecule has 1 rings (SSSR count). The Morgan fingerprint density at radius 2 is 1.95 bits per heavy atom. The zero-order chi connectivity index (χ0) is 14.7. The average Bonchev–Trinajstić information content (AvgIpc) is 2.56. The van der Waals surface area contributed by atoms with E-state index in [2.05, 4.69) is 5.10 Å². The molecule has 19 heavy (non-hydrogen) atoms. The summed E-state index contributed by atoms with van der Waals surface area (Å²) in [5.74, 6) is 0. The zero-order valence-corrected chi connectivity index (χ0v) is 11.6. The van der Waals surface area contributed by atoms with Crippen molar-refractivity contribution in [1.82, 2.24) is 9.78 Å². The standard InChI is InChI=1S/C13H21F3N2O/c1-4-10-8-11(18(3)17-10)9-12(2,19)6-5-7-13(14,15)16/h8,19H,4-7,9H2,1-3H3. The van der Waals surface area contributed by atoms with Gasteiger partial charge in [-0.2, -0.15) is 18.3 Å². The Kier molecular flexibility index (Phi) is 5.01. The number of aliphatic hydroxyl groups is 1. The van der Waals surface area contributed by atoms with Crippen LogP contribution in [0.2, 0.25) is 0 Å². The van der Waals surface area contributed by atoms with Crippen LogP contribution in [-0.4, -0.2) is 26.7 Å². The van der Waals surface area contributed by atoms with E-state index in [0.29, 0.717) is 6.42 Å². The van der Waals surface area contributed by atoms with Crippen LogP contribution in [0.15, 0.2) is 6.07 Å². The number of rotatable bonds is 6. The average molecular weight is 278 g/mol. The summed E-state index contributed by atoms with van der Waals surface area (Å²) in [6.45, 7) is 3.55. The van der Waals surface area contributed by atoms with Crippen LogP contribution in [0.5, 0.6) is 0 Å². The van der Waals surface area contributed by atoms with E-state index in [1.165, 1.54) is 0 Å². The lowest BCUT2D eigenvalue weighted by molar-refractivity contribution is -0.137. The molecular weight excluding hydrogens is 257 g/mol. The Morgan fingerprint density at radius 3 is 2.42 bits per heavy atom. The van der Waals surface area contributed by atoms with Crippen molar-refractivity contribution in [2.75, 3.05) is 0 Å². The second kappa shape index (κ2) is 5.94. The molecule has 0 aliphatic heterocycles. The van der Waals surface area contributed by atoms with E-state index < -0.39 is 18.2 Å². The van der Waals surface area contributed by atoms with Crippen LogP contribution in [0.3, 0.4) is 0 Å². The van der Waals surface area contributed by atoms with Crippen LogP contribution in [-0.2, 0) is 19.9 Å². The first-order valence-electron chi connectivity index (χ1n) is 6.44. The van der Waals surface area contributed by atoms with Gasteiger partial charge in [0.1, 0.15) is 0 Å². The first-order valence-corrected chi connectivity index (χ1v) is 6.44. The summed E-state index contributed by atoms with van der Waals surface area (Å²) in [6, 6.07) is 1.89. The van der Waals surface area contributed by atoms with E-state index >= 15 is 0 Å². The predicted octanol–water partition coefficient (Wildman–Crippen LogP) is 3.01. The summed E-state index contributed by atoms with van der Waals surface area (Å²) < 4.78 is 37.9. The van der Waals surface area contributed by atoms with Gasteiger partial charge in [-0.1, -0.05) is 6.92 Å². The Labute approximate surface area is 111 Å². The summed E-state index contributed by atoms with van der Waals surface area (Å²) in [4.78, 5) is 0. The first-order chi connectivity index (χ1) is 8.63. The van der Waals surface area contributed by atoms with Crippen LogP contribution in [0, 0.1) is 0 Å². The third kappa shape index (κ3) is 5.63. The number of aryl methyl sites for hydroxylation is 2. The van der Waals surface area contributed by atoms with Crippen LogP contribution in [0.1, 0.15) is 44.5 Å². The number of hydrogen-bond acceptors (Lipinski definition) is 2. The highest BCUT2D eigenvalue weighted by atomic mass is 19.4. The second-order valence-electron chi connectivity index (χ2n) is 5.25. The third-order valence-electron chi connectivity index (χ3n) is 3.13. The molecule has 0 aliphatic rings. The lowest BCUT2D eigenvalue weighted by atomic mass is 9.93. The molecular formula is C13H21F3N2O. The topological polar surface area (TPSA) is 38.0 Å². The molecule has 0 aromatic carbocycles. The highest BCUT2D eigenvalue weighted by Crippen LogP contribution is 2.26. The zero-order valence-electron chi connectivity index (χ0n) is 11.6. The van der Waals surface area contributed by atoms with Gasteiger partial charge in [-0.15, -0.1) is 0 Å². The van der Waals surface area contributed by atoms with Crippen molar-refractivity contribution in [3.8, 4) is 0 Å². The monoisotopic (exact) mass is 278 g/mol. The van der Waals surface area contributed by atoms with Crippen molar-refractivity contribution < 1.29 is 18.3 Å². The molecule has 0 spiro atoms. The number of aromatic nitrogens is 2. The summed E-state index contributed by atoms with van der Waals surface area (Å²) in [5, 5.41) is 14.4. The number of alkyl halides is 3. The fourth-order valence-electron chi connectivity index (χ4n) is 2.06. The second-order valence-corrected chi connectivity index (χ2v) is 5.25. The Balaban J connectivity index is 2.55. The smallest absolute Gasteiger partial charge is 0.389 e. The molecule has 3 nitrogen and oxygen atoms in total. The van der Waals surface area contributed by atoms with E-state index in [0.717, 1.165) is 17.8 Å². The molecule has 1 aromatic heterocycles. The molecule has 1 aromatic rings. The van der Waals surface area contributed by atoms with Gasteiger partial charge in [0, 0.05) is 25.6 Å². The van der Waals surface area contributed by atoms with Gasteiger partial charge in [0.05, 0.1) is 11.3 Å². The van der Waals surface area contributed by atoms with E-state index in [-0.39, 0.29) is 12.8 Å². The lowest BCUT2D eigenvalue weighted by Gasteiger charge is -2.23. The summed E-state index contributed by atoms with van der Waals surface area (Å²) in [6.07, 6.45) is -3.83. The molecule has 6 heteroatoms. The first kappa shape index (κ1) is 16.0. The minimum Gasteiger partial charge on any atom is -0.390 e. The molecule has 0 fully saturated rings. The van der Waals surface area contributed by atoms with Crippen molar-refractivity contribution >= 4 is 0 Å². The van der Waals surface area contributed by atoms with Gasteiger partial charge in [-0.05, 0) is 32.3 Å². The largest absolute Gasteiger partial charge is 0.390 e. The molecule has 0 saturated carbocycles. The third-order valence-corrected chi connectivity index (χ3v) is 3.13. The van der Waals surface area contributed by atoms with Crippen molar-refractivity contribution in [3.05, 3.63) is 17.5 Å². The van der Waals surface area contributed by atoms with Gasteiger partial charge in [-0.25, -0.2) is 0 Å². The van der Waals surface area contributed by atoms with E-state index in [4.69, 9.17) is 0 Å². The molecule has 0 saturated heterocycles. The van der Waals surface area contributed by atoms with Crippen molar-refractivity contribution in [3.63, 3.8) is 0 Å². The van der Waals surface area contributed by atoms with Gasteiger partial charge in [-0.3, -0.25) is 4.68 Å². The molecule has 0 aliphatic carbocycles. The maximum absolute atomic E-state index is 12.1. The molecule has 0 radical (unpaired) electrons. The minimum atomic E-state index is -4.15. The SMILES string of the molecule is CCc1cc(CC(C)(O)CCCC(F)(F)F)n(C)n1. The van der Waals surface area contributed by atoms with E-state index in [9.17, 15) is 18.3 Å². The summed E-state index contributed by atoms with van der Waals surface area (Å²) in [7, 11) is 1.78. The molecule has 1 atom stereocenters. The highest BCUT2D eigenvalue weighted by molar-refractivity contribution is 5.12. The van der Waals surface area contributed by atoms with Crippen LogP contribution in [0.4, 0.5) is 13.2 Å². The maximum atomic E-state index is 12.1. The Hall–Kier alpha value is -1.04. The number of hydrogen-bond donors (Lipinski definition) is 1. The van der Waals surface area contributed by atoms with Gasteiger partial charge in [0.15, 0.2) is 0 Å². The highest BCUT2D eigenvalue weighted by Gasteiger charge is 2.29. The fraction of sp³-hybridized carbons (Fsp3) is 0.769. The van der Waals surface area contributed by atoms with Crippen molar-refractivity contribution in [2.24, 2.45) is 7.05 Å². The predicted molar refractivity (Wildman–Crippen MR) is 66.8 cm³/mol. The molecule has 1 N–H and O–H groups in total. The molecule has 0 bridgehead atoms. The lowest BCUT2D eigenvalue weighted by Crippen LogP contribution is -2.28. The van der Waals surface area contributed by atoms with Crippen molar-refractivity contribution in [1.29, 1.82) is 0 Å². The molecule has 0 amide bonds. The molecule has 1 unspecified atom stereocenters. The van der Waals surface area contributed by atoms with Crippen LogP contribution in [0.25, 0.3) is 0 Å². The Bertz CT molecular complexity index is 411. The van der Waals surface area contributed by atoms with E-state index in [1.807, 2.05) is 13.0 Å². The number of nitrogens with zero attached hydrogens (tertiary/aromatic N) is 2. The molecule has 1 heterocycles. The van der Waals surface area contributed by atoms with E-state index in [1.54, 1.807) is 18.7 Å². The Morgan fingerprint density at radius 1 is 1.32 bits per heavy atom. The fourth-order valence-corrected chi connectivity index (χ4v) is 2.06. The maximum Gasteiger partial charge on any atom is 0.389 e. The minimum absolute atomic E-state index is 0.0605. The van der Waals surface area contributed by atoms with Crippen LogP contribution < -0.4 is 0 Å². The van der Waals surface area contributed by atoms with Gasteiger partial charge in [0.2, 0.25) is 0 Å². The summed E-state index contributed by atoms with van der Waals surface area (Å²) in [5.41, 5.74) is 0.627.